The number of aliphatic hydroxyl groups excluding tert-OH is 1. The van der Waals surface area contributed by atoms with Crippen molar-refractivity contribution >= 4 is 11.6 Å². The van der Waals surface area contributed by atoms with Crippen LogP contribution in [-0.4, -0.2) is 41.7 Å². The largest absolute Gasteiger partial charge is 0.491 e. The zero-order chi connectivity index (χ0) is 18.4. The smallest absolute Gasteiger partial charge is 0.221 e. The first-order valence-corrected chi connectivity index (χ1v) is 9.09. The van der Waals surface area contributed by atoms with Crippen molar-refractivity contribution in [1.82, 2.24) is 4.90 Å². The number of benzene rings is 2. The van der Waals surface area contributed by atoms with E-state index in [-0.39, 0.29) is 12.5 Å². The lowest BCUT2D eigenvalue weighted by Crippen LogP contribution is -2.35. The highest BCUT2D eigenvalue weighted by Gasteiger charge is 2.27. The Kier molecular flexibility index (Phi) is 6.26. The van der Waals surface area contributed by atoms with Crippen LogP contribution < -0.4 is 10.1 Å². The normalized spacial score (nSPS) is 18.5. The summed E-state index contributed by atoms with van der Waals surface area (Å²) in [7, 11) is 0. The maximum atomic E-state index is 11.0. The first-order valence-electron chi connectivity index (χ1n) is 9.09. The maximum Gasteiger partial charge on any atom is 0.221 e. The van der Waals surface area contributed by atoms with Crippen LogP contribution in [-0.2, 0) is 4.79 Å². The van der Waals surface area contributed by atoms with Gasteiger partial charge in [0.25, 0.3) is 0 Å². The Morgan fingerprint density at radius 2 is 1.96 bits per heavy atom. The number of carbonyl (C=O) groups is 1. The van der Waals surface area contributed by atoms with Crippen LogP contribution in [0.2, 0.25) is 0 Å². The highest BCUT2D eigenvalue weighted by Crippen LogP contribution is 2.31. The van der Waals surface area contributed by atoms with E-state index < -0.39 is 6.10 Å². The Bertz CT molecular complexity index is 703. The van der Waals surface area contributed by atoms with Gasteiger partial charge in [0.15, 0.2) is 0 Å². The minimum absolute atomic E-state index is 0.104. The fourth-order valence-corrected chi connectivity index (χ4v) is 3.45. The lowest BCUT2D eigenvalue weighted by molar-refractivity contribution is -0.114. The zero-order valence-electron chi connectivity index (χ0n) is 15.1. The Labute approximate surface area is 154 Å². The van der Waals surface area contributed by atoms with Crippen LogP contribution in [0.3, 0.4) is 0 Å². The average molecular weight is 354 g/mol. The van der Waals surface area contributed by atoms with E-state index in [9.17, 15) is 9.90 Å². The molecule has 1 amide bonds. The lowest BCUT2D eigenvalue weighted by Gasteiger charge is -2.27. The van der Waals surface area contributed by atoms with Crippen molar-refractivity contribution < 1.29 is 14.6 Å². The topological polar surface area (TPSA) is 61.8 Å². The van der Waals surface area contributed by atoms with E-state index in [1.807, 2.05) is 6.07 Å². The van der Waals surface area contributed by atoms with E-state index in [0.717, 1.165) is 25.1 Å². The molecule has 1 heterocycles. The third-order valence-electron chi connectivity index (χ3n) is 4.61. The Hall–Kier alpha value is -2.37. The number of nitrogens with one attached hydrogen (secondary N) is 1. The summed E-state index contributed by atoms with van der Waals surface area (Å²) in [6.45, 7) is 3.32. The average Bonchev–Trinajstić information content (AvgIpc) is 3.09. The van der Waals surface area contributed by atoms with Gasteiger partial charge >= 0.3 is 0 Å². The molecule has 1 aliphatic rings. The molecule has 2 N–H and O–H groups in total. The van der Waals surface area contributed by atoms with Crippen LogP contribution in [0.15, 0.2) is 54.6 Å². The van der Waals surface area contributed by atoms with Gasteiger partial charge in [-0.3, -0.25) is 9.69 Å². The molecule has 1 aliphatic heterocycles. The van der Waals surface area contributed by atoms with Gasteiger partial charge in [0.2, 0.25) is 5.91 Å². The molecule has 5 heteroatoms. The van der Waals surface area contributed by atoms with Crippen molar-refractivity contribution in [2.45, 2.75) is 31.9 Å². The summed E-state index contributed by atoms with van der Waals surface area (Å²) in [5.74, 6) is 0.576. The van der Waals surface area contributed by atoms with Gasteiger partial charge in [-0.25, -0.2) is 0 Å². The van der Waals surface area contributed by atoms with Gasteiger partial charge in [0.1, 0.15) is 18.5 Å². The van der Waals surface area contributed by atoms with E-state index in [4.69, 9.17) is 4.74 Å². The van der Waals surface area contributed by atoms with Gasteiger partial charge in [-0.05, 0) is 49.2 Å². The van der Waals surface area contributed by atoms with Crippen molar-refractivity contribution in [3.8, 4) is 5.75 Å². The third kappa shape index (κ3) is 5.07. The van der Waals surface area contributed by atoms with E-state index in [1.54, 1.807) is 24.3 Å². The first kappa shape index (κ1) is 18.4. The Morgan fingerprint density at radius 3 is 2.65 bits per heavy atom. The molecule has 0 radical (unpaired) electrons. The predicted molar refractivity (Wildman–Crippen MR) is 102 cm³/mol. The van der Waals surface area contributed by atoms with E-state index >= 15 is 0 Å². The monoisotopic (exact) mass is 354 g/mol. The standard InChI is InChI=1S/C21H26N2O3/c1-16(24)22-18-9-11-20(12-10-18)26-15-19(25)14-23-13-5-8-21(23)17-6-3-2-4-7-17/h2-4,6-7,9-12,19,21,25H,5,8,13-15H2,1H3,(H,22,24). The molecule has 5 nitrogen and oxygen atoms in total. The van der Waals surface area contributed by atoms with Gasteiger partial charge in [0.05, 0.1) is 0 Å². The molecule has 3 rings (SSSR count). The fourth-order valence-electron chi connectivity index (χ4n) is 3.45. The summed E-state index contributed by atoms with van der Waals surface area (Å²) in [6.07, 6.45) is 1.73. The van der Waals surface area contributed by atoms with Gasteiger partial charge in [-0.2, -0.15) is 0 Å². The molecular formula is C21H26N2O3. The molecule has 26 heavy (non-hydrogen) atoms. The molecule has 2 atom stereocenters. The van der Waals surface area contributed by atoms with Crippen molar-refractivity contribution in [3.05, 3.63) is 60.2 Å². The van der Waals surface area contributed by atoms with Gasteiger partial charge in [-0.15, -0.1) is 0 Å². The highest BCUT2D eigenvalue weighted by molar-refractivity contribution is 5.88. The molecule has 0 aliphatic carbocycles. The van der Waals surface area contributed by atoms with Gasteiger partial charge in [0, 0.05) is 25.2 Å². The minimum atomic E-state index is -0.547. The number of β-amino-alcohol motifs (C(OH)–C–C–N with tert-alkyl or cyclic N) is 1. The number of likely N-dealkylation sites (tertiary alicyclic amines) is 1. The van der Waals surface area contributed by atoms with E-state index in [1.165, 1.54) is 12.5 Å². The second kappa shape index (κ2) is 8.83. The number of amides is 1. The van der Waals surface area contributed by atoms with Crippen molar-refractivity contribution in [2.24, 2.45) is 0 Å². The zero-order valence-corrected chi connectivity index (χ0v) is 15.1. The number of nitrogens with zero attached hydrogens (tertiary/aromatic N) is 1. The molecule has 0 spiro atoms. The number of carbonyl (C=O) groups excluding carboxylic acids is 1. The number of aliphatic hydroxyl groups is 1. The van der Waals surface area contributed by atoms with Crippen molar-refractivity contribution in [3.63, 3.8) is 0 Å². The second-order valence-corrected chi connectivity index (χ2v) is 6.73. The van der Waals surface area contributed by atoms with Gasteiger partial charge in [-0.1, -0.05) is 30.3 Å². The lowest BCUT2D eigenvalue weighted by atomic mass is 10.0. The first-order chi connectivity index (χ1) is 12.6. The second-order valence-electron chi connectivity index (χ2n) is 6.73. The number of hydrogen-bond donors (Lipinski definition) is 2. The molecule has 1 fully saturated rings. The fraction of sp³-hybridized carbons (Fsp3) is 0.381. The van der Waals surface area contributed by atoms with Crippen LogP contribution in [0.5, 0.6) is 5.75 Å². The Morgan fingerprint density at radius 1 is 1.23 bits per heavy atom. The number of anilines is 1. The molecule has 2 unspecified atom stereocenters. The third-order valence-corrected chi connectivity index (χ3v) is 4.61. The summed E-state index contributed by atoms with van der Waals surface area (Å²) in [6, 6.07) is 18.0. The molecule has 2 aromatic rings. The number of rotatable bonds is 7. The van der Waals surface area contributed by atoms with Crippen molar-refractivity contribution in [2.75, 3.05) is 25.0 Å². The molecule has 2 aromatic carbocycles. The summed E-state index contributed by atoms with van der Waals surface area (Å²) in [5, 5.41) is 13.1. The molecule has 0 bridgehead atoms. The quantitative estimate of drug-likeness (QED) is 0.801. The minimum Gasteiger partial charge on any atom is -0.491 e. The molecule has 1 saturated heterocycles. The Balaban J connectivity index is 1.49. The molecular weight excluding hydrogens is 328 g/mol. The van der Waals surface area contributed by atoms with Crippen LogP contribution in [0.4, 0.5) is 5.69 Å². The highest BCUT2D eigenvalue weighted by atomic mass is 16.5. The predicted octanol–water partition coefficient (Wildman–Crippen LogP) is 3.22. The van der Waals surface area contributed by atoms with Crippen LogP contribution in [0.25, 0.3) is 0 Å². The summed E-state index contributed by atoms with van der Waals surface area (Å²) in [5.41, 5.74) is 2.04. The summed E-state index contributed by atoms with van der Waals surface area (Å²) < 4.78 is 5.69. The molecule has 138 valence electrons. The van der Waals surface area contributed by atoms with Gasteiger partial charge < -0.3 is 15.2 Å². The molecule has 0 saturated carbocycles. The van der Waals surface area contributed by atoms with E-state index in [2.05, 4.69) is 34.5 Å². The van der Waals surface area contributed by atoms with E-state index in [0.29, 0.717) is 18.3 Å². The van der Waals surface area contributed by atoms with Crippen LogP contribution in [0, 0.1) is 0 Å². The summed E-state index contributed by atoms with van der Waals surface area (Å²) in [4.78, 5) is 13.4. The van der Waals surface area contributed by atoms with Crippen molar-refractivity contribution in [1.29, 1.82) is 0 Å². The molecule has 0 aromatic heterocycles. The van der Waals surface area contributed by atoms with Crippen LogP contribution in [0.1, 0.15) is 31.4 Å². The SMILES string of the molecule is CC(=O)Nc1ccc(OCC(O)CN2CCCC2c2ccccc2)cc1. The maximum absolute atomic E-state index is 11.0. The number of hydrogen-bond acceptors (Lipinski definition) is 4. The van der Waals surface area contributed by atoms with Crippen LogP contribution >= 0.6 is 0 Å². The number of ether oxygens (including phenoxy) is 1. The summed E-state index contributed by atoms with van der Waals surface area (Å²) >= 11 is 0.